The number of nitrogens with two attached hydrogens (primary N) is 1. The van der Waals surface area contributed by atoms with E-state index in [0.717, 1.165) is 29.6 Å². The number of hydrogen-bond donors (Lipinski definition) is 1. The van der Waals surface area contributed by atoms with Crippen molar-refractivity contribution < 1.29 is 4.42 Å². The molecule has 2 aromatic heterocycles. The first kappa shape index (κ1) is 10.3. The van der Waals surface area contributed by atoms with Gasteiger partial charge in [0, 0.05) is 29.2 Å². The van der Waals surface area contributed by atoms with E-state index >= 15 is 0 Å². The van der Waals surface area contributed by atoms with E-state index in [1.54, 1.807) is 11.3 Å². The standard InChI is InChI=1S/C14H14N2OS/c15-13-7-10-5-11-9(6-12(10)18-13)8-14(17-11)16-3-1-2-4-16/h5-8H,1-4,15H2. The van der Waals surface area contributed by atoms with Gasteiger partial charge in [-0.15, -0.1) is 11.3 Å². The summed E-state index contributed by atoms with van der Waals surface area (Å²) < 4.78 is 7.19. The van der Waals surface area contributed by atoms with Crippen LogP contribution in [0.1, 0.15) is 12.8 Å². The van der Waals surface area contributed by atoms with Crippen molar-refractivity contribution in [3.63, 3.8) is 0 Å². The molecule has 0 atom stereocenters. The number of fused-ring (bicyclic) bond motifs is 2. The van der Waals surface area contributed by atoms with Gasteiger partial charge < -0.3 is 15.1 Å². The molecule has 0 saturated carbocycles. The fourth-order valence-electron chi connectivity index (χ4n) is 2.67. The summed E-state index contributed by atoms with van der Waals surface area (Å²) >= 11 is 1.63. The second kappa shape index (κ2) is 3.65. The van der Waals surface area contributed by atoms with E-state index in [9.17, 15) is 0 Å². The van der Waals surface area contributed by atoms with Crippen molar-refractivity contribution in [1.82, 2.24) is 0 Å². The highest BCUT2D eigenvalue weighted by Gasteiger charge is 2.16. The van der Waals surface area contributed by atoms with E-state index < -0.39 is 0 Å². The molecule has 0 spiro atoms. The predicted molar refractivity (Wildman–Crippen MR) is 77.5 cm³/mol. The third-order valence-electron chi connectivity index (χ3n) is 3.58. The molecule has 0 radical (unpaired) electrons. The van der Waals surface area contributed by atoms with Crippen molar-refractivity contribution in [2.75, 3.05) is 23.7 Å². The van der Waals surface area contributed by atoms with Crippen LogP contribution >= 0.6 is 11.3 Å². The summed E-state index contributed by atoms with van der Waals surface area (Å²) in [4.78, 5) is 2.32. The van der Waals surface area contributed by atoms with Crippen LogP contribution in [-0.4, -0.2) is 13.1 Å². The molecule has 92 valence electrons. The molecule has 2 N–H and O–H groups in total. The average molecular weight is 258 g/mol. The van der Waals surface area contributed by atoms with Crippen LogP contribution in [0.2, 0.25) is 0 Å². The summed E-state index contributed by atoms with van der Waals surface area (Å²) in [6.07, 6.45) is 2.53. The molecule has 3 nitrogen and oxygen atoms in total. The molecule has 0 aliphatic carbocycles. The van der Waals surface area contributed by atoms with Crippen LogP contribution in [-0.2, 0) is 0 Å². The number of nitrogen functional groups attached to an aromatic ring is 1. The molecule has 18 heavy (non-hydrogen) atoms. The SMILES string of the molecule is Nc1cc2cc3oc(N4CCCC4)cc3cc2s1. The smallest absolute Gasteiger partial charge is 0.196 e. The topological polar surface area (TPSA) is 42.4 Å². The highest BCUT2D eigenvalue weighted by atomic mass is 32.1. The van der Waals surface area contributed by atoms with E-state index in [1.807, 2.05) is 6.07 Å². The lowest BCUT2D eigenvalue weighted by molar-refractivity contribution is 0.599. The number of furan rings is 1. The molecule has 1 aromatic carbocycles. The molecule has 1 saturated heterocycles. The first-order valence-electron chi connectivity index (χ1n) is 6.27. The van der Waals surface area contributed by atoms with Crippen LogP contribution in [0, 0.1) is 0 Å². The Morgan fingerprint density at radius 2 is 1.89 bits per heavy atom. The van der Waals surface area contributed by atoms with E-state index in [1.165, 1.54) is 28.3 Å². The van der Waals surface area contributed by atoms with Crippen LogP contribution in [0.4, 0.5) is 10.9 Å². The Hall–Kier alpha value is -1.68. The van der Waals surface area contributed by atoms with Crippen molar-refractivity contribution >= 4 is 43.3 Å². The Morgan fingerprint density at radius 3 is 2.72 bits per heavy atom. The highest BCUT2D eigenvalue weighted by molar-refractivity contribution is 7.22. The first-order valence-corrected chi connectivity index (χ1v) is 7.09. The number of benzene rings is 1. The Balaban J connectivity index is 1.88. The molecule has 1 aliphatic heterocycles. The highest BCUT2D eigenvalue weighted by Crippen LogP contribution is 2.35. The summed E-state index contributed by atoms with van der Waals surface area (Å²) in [5.74, 6) is 1.01. The zero-order valence-electron chi connectivity index (χ0n) is 9.98. The lowest BCUT2D eigenvalue weighted by Gasteiger charge is -2.12. The monoisotopic (exact) mass is 258 g/mol. The second-order valence-corrected chi connectivity index (χ2v) is 5.97. The molecule has 0 amide bonds. The number of thiophene rings is 1. The molecule has 3 heterocycles. The lowest BCUT2D eigenvalue weighted by atomic mass is 10.2. The molecule has 1 aliphatic rings. The fourth-order valence-corrected chi connectivity index (χ4v) is 3.53. The maximum atomic E-state index is 5.96. The van der Waals surface area contributed by atoms with Crippen LogP contribution < -0.4 is 10.6 Å². The number of nitrogens with zero attached hydrogens (tertiary/aromatic N) is 1. The molecule has 0 unspecified atom stereocenters. The van der Waals surface area contributed by atoms with Crippen molar-refractivity contribution in [3.8, 4) is 0 Å². The maximum absolute atomic E-state index is 5.96. The van der Waals surface area contributed by atoms with Gasteiger partial charge in [-0.3, -0.25) is 0 Å². The van der Waals surface area contributed by atoms with Crippen molar-refractivity contribution in [2.45, 2.75) is 12.8 Å². The number of rotatable bonds is 1. The van der Waals surface area contributed by atoms with Gasteiger partial charge in [0.15, 0.2) is 5.88 Å². The zero-order valence-corrected chi connectivity index (χ0v) is 10.8. The third kappa shape index (κ3) is 1.49. The van der Waals surface area contributed by atoms with Gasteiger partial charge in [0.25, 0.3) is 0 Å². The van der Waals surface area contributed by atoms with E-state index in [-0.39, 0.29) is 0 Å². The maximum Gasteiger partial charge on any atom is 0.196 e. The molecule has 4 heteroatoms. The summed E-state index contributed by atoms with van der Waals surface area (Å²) in [6, 6.07) is 8.43. The van der Waals surface area contributed by atoms with E-state index in [4.69, 9.17) is 10.2 Å². The van der Waals surface area contributed by atoms with Crippen molar-refractivity contribution in [3.05, 3.63) is 24.3 Å². The average Bonchev–Trinajstić information content (AvgIpc) is 3.02. The van der Waals surface area contributed by atoms with Gasteiger partial charge in [0.05, 0.1) is 5.00 Å². The summed E-state index contributed by atoms with van der Waals surface area (Å²) in [6.45, 7) is 2.22. The summed E-state index contributed by atoms with van der Waals surface area (Å²) in [5.41, 5.74) is 6.79. The van der Waals surface area contributed by atoms with Crippen LogP contribution in [0.15, 0.2) is 28.7 Å². The lowest BCUT2D eigenvalue weighted by Crippen LogP contribution is -2.16. The second-order valence-electron chi connectivity index (χ2n) is 4.86. The van der Waals surface area contributed by atoms with Crippen LogP contribution in [0.25, 0.3) is 21.1 Å². The van der Waals surface area contributed by atoms with Crippen LogP contribution in [0.3, 0.4) is 0 Å². The Morgan fingerprint density at radius 1 is 1.06 bits per heavy atom. The first-order chi connectivity index (χ1) is 8.79. The van der Waals surface area contributed by atoms with Gasteiger partial charge in [0.1, 0.15) is 5.58 Å². The predicted octanol–water partition coefficient (Wildman–Crippen LogP) is 3.83. The molecule has 0 bridgehead atoms. The van der Waals surface area contributed by atoms with Gasteiger partial charge in [0.2, 0.25) is 0 Å². The Labute approximate surface area is 109 Å². The molecule has 3 aromatic rings. The quantitative estimate of drug-likeness (QED) is 0.721. The minimum absolute atomic E-state index is 0.859. The van der Waals surface area contributed by atoms with Gasteiger partial charge in [-0.1, -0.05) is 0 Å². The van der Waals surface area contributed by atoms with Crippen molar-refractivity contribution in [2.24, 2.45) is 0 Å². The summed E-state index contributed by atoms with van der Waals surface area (Å²) in [7, 11) is 0. The molecule has 1 fully saturated rings. The number of hydrogen-bond acceptors (Lipinski definition) is 4. The van der Waals surface area contributed by atoms with Crippen molar-refractivity contribution in [1.29, 1.82) is 0 Å². The minimum Gasteiger partial charge on any atom is -0.441 e. The molecular formula is C14H14N2OS. The van der Waals surface area contributed by atoms with Crippen LogP contribution in [0.5, 0.6) is 0 Å². The van der Waals surface area contributed by atoms with Gasteiger partial charge in [-0.25, -0.2) is 0 Å². The number of anilines is 2. The zero-order chi connectivity index (χ0) is 12.1. The van der Waals surface area contributed by atoms with Gasteiger partial charge in [-0.05, 0) is 36.4 Å². The third-order valence-corrected chi connectivity index (χ3v) is 4.51. The summed E-state index contributed by atoms with van der Waals surface area (Å²) in [5, 5.41) is 3.20. The van der Waals surface area contributed by atoms with Gasteiger partial charge >= 0.3 is 0 Å². The Kier molecular flexibility index (Phi) is 2.08. The largest absolute Gasteiger partial charge is 0.441 e. The Bertz CT molecular complexity index is 671. The fraction of sp³-hybridized carbons (Fsp3) is 0.286. The molecular weight excluding hydrogens is 244 g/mol. The van der Waals surface area contributed by atoms with Gasteiger partial charge in [-0.2, -0.15) is 0 Å². The van der Waals surface area contributed by atoms with E-state index in [2.05, 4.69) is 23.1 Å². The minimum atomic E-state index is 0.859. The molecule has 4 rings (SSSR count). The normalized spacial score (nSPS) is 16.1. The van der Waals surface area contributed by atoms with E-state index in [0.29, 0.717) is 0 Å².